The third kappa shape index (κ3) is 8.21. The number of nitrogens with zero attached hydrogens (tertiary/aromatic N) is 8. The molecule has 0 amide bonds. The normalized spacial score (nSPS) is 26.8. The number of pyridine rings is 2. The van der Waals surface area contributed by atoms with Crippen LogP contribution in [0.5, 0.6) is 0 Å². The second kappa shape index (κ2) is 17.4. The van der Waals surface area contributed by atoms with Gasteiger partial charge >= 0.3 is 35.5 Å². The number of carboxylic acids is 2. The number of aliphatic carboxylic acids is 2. The molecule has 0 radical (unpaired) electrons. The van der Waals surface area contributed by atoms with Crippen LogP contribution in [-0.2, 0) is 22.4 Å². The Morgan fingerprint density at radius 2 is 1.02 bits per heavy atom. The Kier molecular flexibility index (Phi) is 11.7. The molecule has 0 aromatic carbocycles. The van der Waals surface area contributed by atoms with Crippen LogP contribution >= 0.6 is 0 Å². The fourth-order valence-corrected chi connectivity index (χ4v) is 11.8. The van der Waals surface area contributed by atoms with E-state index in [9.17, 15) is 28.6 Å². The second-order valence-electron chi connectivity index (χ2n) is 19.0. The first-order valence-electron chi connectivity index (χ1n) is 22.5. The molecule has 8 fully saturated rings. The van der Waals surface area contributed by atoms with Gasteiger partial charge in [0.1, 0.15) is 23.0 Å². The SMILES string of the molecule is O=C(O)[C@H]1C2CCC(CC2)[C@@H]1Cc1nc(-c2[nH]nc3ncc(F)cc23)nc(C2CC2)c1F.O=C([O-])[C@H]1C2CCC(CC2)[C@@H]1Cc1nc(-c2[nH]nc3ncc(F)cc23)nc(C2CC2)c1F.[H-].[Na+]. The summed E-state index contributed by atoms with van der Waals surface area (Å²) in [6.45, 7) is 0. The zero-order valence-electron chi connectivity index (χ0n) is 36.7. The predicted molar refractivity (Wildman–Crippen MR) is 220 cm³/mol. The van der Waals surface area contributed by atoms with Crippen LogP contribution in [0.1, 0.15) is 113 Å². The fourth-order valence-electron chi connectivity index (χ4n) is 11.8. The van der Waals surface area contributed by atoms with Crippen LogP contribution in [0.4, 0.5) is 17.6 Å². The van der Waals surface area contributed by atoms with Gasteiger partial charge < -0.3 is 16.4 Å². The summed E-state index contributed by atoms with van der Waals surface area (Å²) in [5.74, 6) is -3.77. The molecular weight excluding hydrogens is 856 g/mol. The van der Waals surface area contributed by atoms with Crippen molar-refractivity contribution in [2.75, 3.05) is 0 Å². The number of carbonyl (C=O) groups excluding carboxylic acids is 1. The van der Waals surface area contributed by atoms with Crippen LogP contribution < -0.4 is 34.7 Å². The maximum Gasteiger partial charge on any atom is 1.00 e. The number of fused-ring (bicyclic) bond motifs is 8. The number of H-pyrrole nitrogens is 2. The number of halogens is 4. The van der Waals surface area contributed by atoms with E-state index in [1.54, 1.807) is 0 Å². The number of hydrogen-bond donors (Lipinski definition) is 3. The molecule has 334 valence electrons. The summed E-state index contributed by atoms with van der Waals surface area (Å²) in [7, 11) is 0. The molecule has 8 aliphatic rings. The van der Waals surface area contributed by atoms with Crippen LogP contribution in [0.15, 0.2) is 24.5 Å². The fraction of sp³-hybridized carbons (Fsp3) is 0.522. The first-order valence-corrected chi connectivity index (χ1v) is 22.5. The molecule has 0 unspecified atom stereocenters. The van der Waals surface area contributed by atoms with E-state index >= 15 is 8.78 Å². The average molecular weight is 902 g/mol. The monoisotopic (exact) mass is 901 g/mol. The number of hydrogen-bond acceptors (Lipinski definition) is 11. The van der Waals surface area contributed by atoms with E-state index in [1.807, 2.05) is 0 Å². The molecule has 0 saturated heterocycles. The zero-order valence-corrected chi connectivity index (χ0v) is 37.7. The van der Waals surface area contributed by atoms with E-state index < -0.39 is 47.0 Å². The average Bonchev–Trinajstić information content (AvgIpc) is 4.24. The summed E-state index contributed by atoms with van der Waals surface area (Å²) < 4.78 is 58.7. The van der Waals surface area contributed by atoms with Gasteiger partial charge in [-0.2, -0.15) is 10.2 Å². The summed E-state index contributed by atoms with van der Waals surface area (Å²) in [6, 6.07) is 2.61. The molecule has 65 heavy (non-hydrogen) atoms. The summed E-state index contributed by atoms with van der Waals surface area (Å²) in [4.78, 5) is 50.0. The number of nitrogens with one attached hydrogen (secondary N) is 2. The van der Waals surface area contributed by atoms with Gasteiger partial charge in [-0.1, -0.05) is 0 Å². The van der Waals surface area contributed by atoms with E-state index in [2.05, 4.69) is 50.3 Å². The zero-order chi connectivity index (χ0) is 44.0. The second-order valence-corrected chi connectivity index (χ2v) is 19.0. The molecule has 19 heteroatoms. The number of aromatic nitrogens is 10. The van der Waals surface area contributed by atoms with Gasteiger partial charge in [0.2, 0.25) is 0 Å². The van der Waals surface area contributed by atoms with E-state index in [0.717, 1.165) is 89.4 Å². The van der Waals surface area contributed by atoms with Crippen LogP contribution in [-0.4, -0.2) is 67.3 Å². The van der Waals surface area contributed by atoms with E-state index in [1.165, 1.54) is 12.1 Å². The minimum atomic E-state index is -1.04. The molecule has 6 aromatic rings. The summed E-state index contributed by atoms with van der Waals surface area (Å²) in [5, 5.41) is 36.6. The number of carbonyl (C=O) groups is 2. The molecule has 6 aromatic heterocycles. The minimum Gasteiger partial charge on any atom is -1.00 e. The van der Waals surface area contributed by atoms with Gasteiger partial charge in [-0.3, -0.25) is 15.0 Å². The first kappa shape index (κ1) is 43.9. The minimum absolute atomic E-state index is 0. The van der Waals surface area contributed by atoms with Crippen LogP contribution in [0.2, 0.25) is 0 Å². The molecule has 8 aliphatic carbocycles. The summed E-state index contributed by atoms with van der Waals surface area (Å²) in [5.41, 5.74) is 2.64. The van der Waals surface area contributed by atoms with E-state index in [4.69, 9.17) is 0 Å². The Hall–Kier alpha value is -4.94. The molecule has 4 bridgehead atoms. The third-order valence-corrected chi connectivity index (χ3v) is 15.2. The Morgan fingerprint density at radius 3 is 1.42 bits per heavy atom. The topological polar surface area (TPSA) is 212 Å². The summed E-state index contributed by atoms with van der Waals surface area (Å²) >= 11 is 0. The van der Waals surface area contributed by atoms with Gasteiger partial charge in [0, 0.05) is 23.7 Å². The van der Waals surface area contributed by atoms with Crippen LogP contribution in [0, 0.1) is 70.6 Å². The third-order valence-electron chi connectivity index (χ3n) is 15.2. The van der Waals surface area contributed by atoms with Crippen molar-refractivity contribution in [3.05, 3.63) is 70.6 Å². The van der Waals surface area contributed by atoms with Crippen molar-refractivity contribution in [3.63, 3.8) is 0 Å². The van der Waals surface area contributed by atoms with Crippen molar-refractivity contribution in [1.82, 2.24) is 50.3 Å². The van der Waals surface area contributed by atoms with Crippen LogP contribution in [0.25, 0.3) is 45.1 Å². The van der Waals surface area contributed by atoms with E-state index in [0.29, 0.717) is 44.8 Å². The Bertz CT molecular complexity index is 2640. The predicted octanol–water partition coefficient (Wildman–Crippen LogP) is 4.28. The molecule has 0 aliphatic heterocycles. The number of aromatic amines is 2. The van der Waals surface area contributed by atoms with Crippen molar-refractivity contribution in [3.8, 4) is 23.0 Å². The van der Waals surface area contributed by atoms with Crippen molar-refractivity contribution < 1.29 is 68.3 Å². The Morgan fingerprint density at radius 1 is 0.615 bits per heavy atom. The van der Waals surface area contributed by atoms with Gasteiger partial charge in [0.25, 0.3) is 0 Å². The van der Waals surface area contributed by atoms with Crippen LogP contribution in [0.3, 0.4) is 0 Å². The first-order chi connectivity index (χ1) is 31.0. The quantitative estimate of drug-likeness (QED) is 0.130. The van der Waals surface area contributed by atoms with E-state index in [-0.39, 0.29) is 114 Å². The van der Waals surface area contributed by atoms with Gasteiger partial charge in [0.05, 0.1) is 51.9 Å². The number of rotatable bonds is 10. The Balaban J connectivity index is 0.000000161. The number of carboxylic acid groups (broad SMARTS) is 2. The van der Waals surface area contributed by atoms with Crippen molar-refractivity contribution >= 4 is 34.0 Å². The standard InChI is InChI=1S/2C23H23F2N5O2.Na.H/c2*24-13-7-15-20(29-30-21(15)26-9-13)22-27-16(18(25)19(28-22)12-5-6-12)8-14-10-1-3-11(4-2-10)17(14)23(31)32;;/h2*7,9-12,14,17H,1-6,8H2,(H,31,32)(H,26,29,30);;/q;;+1;-1/p-1/t2*10?,11?,14-,17-;;/m00../s1. The maximum atomic E-state index is 15.5. The van der Waals surface area contributed by atoms with Gasteiger partial charge in [-0.25, -0.2) is 47.5 Å². The molecule has 3 N–H and O–H groups in total. The smallest absolute Gasteiger partial charge is 1.00 e. The molecular formula is C46H46F4N10NaO4-. The van der Waals surface area contributed by atoms with Crippen molar-refractivity contribution in [2.45, 2.75) is 102 Å². The maximum absolute atomic E-state index is 15.5. The molecule has 0 spiro atoms. The van der Waals surface area contributed by atoms with Gasteiger partial charge in [-0.15, -0.1) is 0 Å². The van der Waals surface area contributed by atoms with Gasteiger partial charge in [0.15, 0.2) is 34.6 Å². The molecule has 6 heterocycles. The summed E-state index contributed by atoms with van der Waals surface area (Å²) in [6.07, 6.45) is 13.7. The van der Waals surface area contributed by atoms with Crippen molar-refractivity contribution in [1.29, 1.82) is 0 Å². The molecule has 14 nitrogen and oxygen atoms in total. The molecule has 8 saturated carbocycles. The largest absolute Gasteiger partial charge is 1.00 e. The Labute approximate surface area is 393 Å². The van der Waals surface area contributed by atoms with Crippen molar-refractivity contribution in [2.24, 2.45) is 47.3 Å². The molecule has 14 rings (SSSR count). The molecule has 4 atom stereocenters. The van der Waals surface area contributed by atoms with Gasteiger partial charge in [-0.05, 0) is 138 Å².